The van der Waals surface area contributed by atoms with Crippen LogP contribution in [0, 0.1) is 0 Å². The minimum Gasteiger partial charge on any atom is -0.488 e. The van der Waals surface area contributed by atoms with Crippen molar-refractivity contribution in [2.75, 3.05) is 0 Å². The van der Waals surface area contributed by atoms with Gasteiger partial charge in [-0.05, 0) is 71.7 Å². The summed E-state index contributed by atoms with van der Waals surface area (Å²) in [4.78, 5) is 13.8. The Morgan fingerprint density at radius 1 is 0.800 bits per heavy atom. The molecule has 0 N–H and O–H groups in total. The summed E-state index contributed by atoms with van der Waals surface area (Å²) in [7, 11) is -3.78. The highest BCUT2D eigenvalue weighted by Gasteiger charge is 2.38. The highest BCUT2D eigenvalue weighted by atomic mass is 32.1. The first-order chi connectivity index (χ1) is 16.0. The summed E-state index contributed by atoms with van der Waals surface area (Å²) >= 11 is 1.51. The second-order valence-corrected chi connectivity index (χ2v) is 23.1. The Morgan fingerprint density at radius 3 is 1.86 bits per heavy atom. The van der Waals surface area contributed by atoms with Gasteiger partial charge in [0.1, 0.15) is 12.4 Å². The zero-order chi connectivity index (χ0) is 26.7. The van der Waals surface area contributed by atoms with E-state index in [0.717, 1.165) is 26.6 Å². The lowest BCUT2D eigenvalue weighted by Crippen LogP contribution is -2.41. The molecule has 1 aromatic carbocycles. The van der Waals surface area contributed by atoms with Gasteiger partial charge in [-0.15, -0.1) is 11.3 Å². The van der Waals surface area contributed by atoms with E-state index in [1.165, 1.54) is 11.3 Å². The first-order valence-electron chi connectivity index (χ1n) is 12.6. The van der Waals surface area contributed by atoms with Crippen LogP contribution >= 0.6 is 11.3 Å². The Hall–Kier alpha value is -1.26. The van der Waals surface area contributed by atoms with Gasteiger partial charge in [0.05, 0.1) is 18.1 Å². The molecule has 0 amide bonds. The highest BCUT2D eigenvalue weighted by molar-refractivity contribution is 7.14. The van der Waals surface area contributed by atoms with Crippen molar-refractivity contribution in [2.45, 2.75) is 111 Å². The van der Waals surface area contributed by atoms with E-state index in [-0.39, 0.29) is 15.9 Å². The molecule has 0 saturated carbocycles. The quantitative estimate of drug-likeness (QED) is 0.213. The lowest BCUT2D eigenvalue weighted by Gasteiger charge is -2.37. The summed E-state index contributed by atoms with van der Waals surface area (Å²) in [6, 6.07) is 10.1. The molecule has 0 aliphatic heterocycles. The Labute approximate surface area is 219 Å². The van der Waals surface area contributed by atoms with Gasteiger partial charge in [0.25, 0.3) is 0 Å². The van der Waals surface area contributed by atoms with Crippen LogP contribution in [0.15, 0.2) is 30.3 Å². The maximum absolute atomic E-state index is 12.0. The fourth-order valence-electron chi connectivity index (χ4n) is 2.85. The predicted molar refractivity (Wildman–Crippen MR) is 154 cm³/mol. The molecular weight excluding hydrogens is 489 g/mol. The predicted octanol–water partition coefficient (Wildman–Crippen LogP) is 8.96. The van der Waals surface area contributed by atoms with Gasteiger partial charge in [-0.25, -0.2) is 0 Å². The third-order valence-corrected chi connectivity index (χ3v) is 17.7. The minimum absolute atomic E-state index is 0.145. The smallest absolute Gasteiger partial charge is 0.192 e. The van der Waals surface area contributed by atoms with E-state index in [4.69, 9.17) is 13.6 Å². The van der Waals surface area contributed by atoms with Crippen LogP contribution in [0.2, 0.25) is 36.3 Å². The number of ether oxygens (including phenoxy) is 1. The summed E-state index contributed by atoms with van der Waals surface area (Å²) in [6.45, 7) is 26.2. The Morgan fingerprint density at radius 2 is 1.34 bits per heavy atom. The van der Waals surface area contributed by atoms with Gasteiger partial charge in [-0.1, -0.05) is 54.5 Å². The third kappa shape index (κ3) is 8.12. The number of carbonyl (C=O) groups is 1. The minimum atomic E-state index is -1.90. The van der Waals surface area contributed by atoms with E-state index in [0.29, 0.717) is 26.2 Å². The van der Waals surface area contributed by atoms with Crippen LogP contribution in [0.3, 0.4) is 0 Å². The molecule has 7 heteroatoms. The molecule has 2 aromatic rings. The van der Waals surface area contributed by atoms with Crippen LogP contribution < -0.4 is 4.74 Å². The Bertz CT molecular complexity index is 997. The highest BCUT2D eigenvalue weighted by Crippen LogP contribution is 2.39. The van der Waals surface area contributed by atoms with Crippen molar-refractivity contribution < 1.29 is 18.4 Å². The van der Waals surface area contributed by atoms with Crippen LogP contribution in [0.25, 0.3) is 0 Å². The van der Waals surface area contributed by atoms with Gasteiger partial charge in [0.15, 0.2) is 22.4 Å². The number of carbonyl (C=O) groups excluding carboxylic acids is 1. The van der Waals surface area contributed by atoms with Gasteiger partial charge in [0, 0.05) is 11.3 Å². The van der Waals surface area contributed by atoms with Crippen LogP contribution in [0.1, 0.15) is 80.6 Å². The van der Waals surface area contributed by atoms with Crippen molar-refractivity contribution in [2.24, 2.45) is 0 Å². The second-order valence-electron chi connectivity index (χ2n) is 12.4. The van der Waals surface area contributed by atoms with Crippen molar-refractivity contribution in [3.8, 4) is 5.75 Å². The van der Waals surface area contributed by atoms with E-state index >= 15 is 0 Å². The van der Waals surface area contributed by atoms with Crippen LogP contribution in [0.4, 0.5) is 0 Å². The fourth-order valence-corrected chi connectivity index (χ4v) is 5.68. The molecular formula is C28H46O4SSi2. The van der Waals surface area contributed by atoms with Gasteiger partial charge < -0.3 is 13.6 Å². The number of hydrogen-bond donors (Lipinski definition) is 0. The molecule has 0 atom stereocenters. The number of benzene rings is 1. The molecule has 4 nitrogen and oxygen atoms in total. The molecule has 0 aliphatic rings. The average molecular weight is 535 g/mol. The molecule has 0 saturated heterocycles. The van der Waals surface area contributed by atoms with Crippen molar-refractivity contribution in [3.63, 3.8) is 0 Å². The van der Waals surface area contributed by atoms with Gasteiger partial charge in [-0.2, -0.15) is 0 Å². The number of ketones is 1. The van der Waals surface area contributed by atoms with Gasteiger partial charge in [0.2, 0.25) is 0 Å². The molecule has 35 heavy (non-hydrogen) atoms. The SMILES string of the molecule is CCC(=O)c1ccc(COc2ccc(CO[Si](C)(C)C(C)(C)C)c(CO[Si](C)(C)C(C)(C)C)c2)s1. The molecule has 0 fully saturated rings. The normalized spacial score (nSPS) is 13.2. The molecule has 196 valence electrons. The molecule has 2 rings (SSSR count). The van der Waals surface area contributed by atoms with E-state index in [2.05, 4.69) is 79.9 Å². The monoisotopic (exact) mass is 534 g/mol. The maximum Gasteiger partial charge on any atom is 0.192 e. The van der Waals surface area contributed by atoms with Crippen molar-refractivity contribution >= 4 is 33.8 Å². The van der Waals surface area contributed by atoms with Crippen molar-refractivity contribution in [1.29, 1.82) is 0 Å². The standard InChI is InChI=1S/C28H46O4SSi2/c1-12-25(29)26-16-15-24(33-26)20-30-23-14-13-21(18-31-34(8,9)27(2,3)4)22(17-23)19-32-35(10,11)28(5,6)7/h13-17H,12,18-20H2,1-11H3. The van der Waals surface area contributed by atoms with Crippen LogP contribution in [-0.2, 0) is 28.7 Å². The van der Waals surface area contributed by atoms with Gasteiger partial charge in [-0.3, -0.25) is 4.79 Å². The molecule has 0 unspecified atom stereocenters. The Kier molecular flexibility index (Phi) is 9.78. The molecule has 0 aliphatic carbocycles. The second kappa shape index (κ2) is 11.4. The molecule has 1 aromatic heterocycles. The summed E-state index contributed by atoms with van der Waals surface area (Å²) in [5, 5.41) is 0.304. The summed E-state index contributed by atoms with van der Waals surface area (Å²) in [6.07, 6.45) is 0.525. The lowest BCUT2D eigenvalue weighted by atomic mass is 10.1. The molecule has 0 spiro atoms. The van der Waals surface area contributed by atoms with E-state index in [1.807, 2.05) is 25.1 Å². The summed E-state index contributed by atoms with van der Waals surface area (Å²) in [5.74, 6) is 0.990. The lowest BCUT2D eigenvalue weighted by molar-refractivity contribution is 0.0992. The van der Waals surface area contributed by atoms with Crippen molar-refractivity contribution in [1.82, 2.24) is 0 Å². The third-order valence-electron chi connectivity index (χ3n) is 7.61. The summed E-state index contributed by atoms with van der Waals surface area (Å²) in [5.41, 5.74) is 2.28. The zero-order valence-electron chi connectivity index (χ0n) is 23.8. The number of Topliss-reactive ketones (excluding diaryl/α,β-unsaturated/α-hetero) is 1. The maximum atomic E-state index is 12.0. The average Bonchev–Trinajstić information content (AvgIpc) is 3.22. The topological polar surface area (TPSA) is 44.8 Å². The first-order valence-corrected chi connectivity index (χ1v) is 19.2. The number of rotatable bonds is 11. The number of hydrogen-bond acceptors (Lipinski definition) is 5. The van der Waals surface area contributed by atoms with E-state index < -0.39 is 16.6 Å². The Balaban J connectivity index is 2.22. The first kappa shape index (κ1) is 30.0. The zero-order valence-corrected chi connectivity index (χ0v) is 26.6. The molecule has 1 heterocycles. The van der Waals surface area contributed by atoms with E-state index in [9.17, 15) is 4.79 Å². The van der Waals surface area contributed by atoms with Crippen LogP contribution in [0.5, 0.6) is 5.75 Å². The number of thiophene rings is 1. The van der Waals surface area contributed by atoms with Gasteiger partial charge >= 0.3 is 0 Å². The van der Waals surface area contributed by atoms with E-state index in [1.54, 1.807) is 0 Å². The molecule has 0 bridgehead atoms. The van der Waals surface area contributed by atoms with Crippen LogP contribution in [-0.4, -0.2) is 22.4 Å². The summed E-state index contributed by atoms with van der Waals surface area (Å²) < 4.78 is 19.3. The molecule has 0 radical (unpaired) electrons. The van der Waals surface area contributed by atoms with Crippen molar-refractivity contribution in [3.05, 3.63) is 51.2 Å². The fraction of sp³-hybridized carbons (Fsp3) is 0.607. The largest absolute Gasteiger partial charge is 0.488 e.